The normalized spacial score (nSPS) is 17.0. The van der Waals surface area contributed by atoms with Crippen LogP contribution in [0.4, 0.5) is 5.69 Å². The maximum atomic E-state index is 13.1. The first-order chi connectivity index (χ1) is 12.2. The highest BCUT2D eigenvalue weighted by Gasteiger charge is 2.27. The van der Waals surface area contributed by atoms with Crippen molar-refractivity contribution in [2.75, 3.05) is 17.2 Å². The van der Waals surface area contributed by atoms with Crippen molar-refractivity contribution in [2.24, 2.45) is 5.92 Å². The Labute approximate surface area is 154 Å². The molecule has 7 heteroatoms. The molecule has 0 saturated carbocycles. The van der Waals surface area contributed by atoms with Crippen molar-refractivity contribution in [1.82, 2.24) is 15.0 Å². The summed E-state index contributed by atoms with van der Waals surface area (Å²) < 4.78 is 0. The first-order valence-corrected chi connectivity index (χ1v) is 9.84. The van der Waals surface area contributed by atoms with Crippen molar-refractivity contribution in [2.45, 2.75) is 11.8 Å². The smallest absolute Gasteiger partial charge is 0.277 e. The highest BCUT2D eigenvalue weighted by molar-refractivity contribution is 7.99. The fourth-order valence-electron chi connectivity index (χ4n) is 2.73. The lowest BCUT2D eigenvalue weighted by atomic mass is 10.1. The van der Waals surface area contributed by atoms with E-state index in [4.69, 9.17) is 0 Å². The molecule has 0 fully saturated rings. The van der Waals surface area contributed by atoms with Crippen molar-refractivity contribution >= 4 is 34.7 Å². The van der Waals surface area contributed by atoms with Crippen LogP contribution in [0.1, 0.15) is 17.4 Å². The first-order valence-electron chi connectivity index (χ1n) is 7.98. The van der Waals surface area contributed by atoms with Gasteiger partial charge >= 0.3 is 0 Å². The predicted molar refractivity (Wildman–Crippen MR) is 101 cm³/mol. The van der Waals surface area contributed by atoms with E-state index in [-0.39, 0.29) is 5.91 Å². The van der Waals surface area contributed by atoms with Gasteiger partial charge in [-0.15, -0.1) is 23.1 Å². The number of amides is 1. The summed E-state index contributed by atoms with van der Waals surface area (Å²) >= 11 is 3.22. The van der Waals surface area contributed by atoms with Gasteiger partial charge in [0, 0.05) is 35.0 Å². The van der Waals surface area contributed by atoms with Gasteiger partial charge in [-0.05, 0) is 18.1 Å². The average Bonchev–Trinajstić information content (AvgIpc) is 3.09. The van der Waals surface area contributed by atoms with E-state index in [0.717, 1.165) is 16.3 Å². The Morgan fingerprint density at radius 2 is 2.16 bits per heavy atom. The molecule has 0 bridgehead atoms. The standard InChI is InChI=1S/C18H16N4OS2/c1-12-9-22(15-4-2-3-5-16(15)24-10-12)18(23)14-11-25-17(21-14)13-8-19-6-7-20-13/h2-8,11-12H,9-10H2,1H3/t12-/m0/s1. The van der Waals surface area contributed by atoms with E-state index in [1.54, 1.807) is 35.7 Å². The molecule has 3 heterocycles. The van der Waals surface area contributed by atoms with Gasteiger partial charge in [-0.1, -0.05) is 19.1 Å². The first kappa shape index (κ1) is 16.2. The Morgan fingerprint density at radius 1 is 1.28 bits per heavy atom. The number of hydrogen-bond donors (Lipinski definition) is 0. The molecule has 0 unspecified atom stereocenters. The molecular formula is C18H16N4OS2. The number of fused-ring (bicyclic) bond motifs is 1. The molecule has 2 aromatic heterocycles. The molecule has 0 N–H and O–H groups in total. The summed E-state index contributed by atoms with van der Waals surface area (Å²) in [6, 6.07) is 8.07. The second kappa shape index (κ2) is 6.93. The zero-order valence-corrected chi connectivity index (χ0v) is 15.3. The lowest BCUT2D eigenvalue weighted by Gasteiger charge is -2.23. The van der Waals surface area contributed by atoms with Gasteiger partial charge in [-0.2, -0.15) is 0 Å². The quantitative estimate of drug-likeness (QED) is 0.684. The van der Waals surface area contributed by atoms with E-state index < -0.39 is 0 Å². The highest BCUT2D eigenvalue weighted by atomic mass is 32.2. The van der Waals surface area contributed by atoms with E-state index in [9.17, 15) is 4.79 Å². The lowest BCUT2D eigenvalue weighted by Crippen LogP contribution is -2.34. The number of thioether (sulfide) groups is 1. The zero-order valence-electron chi connectivity index (χ0n) is 13.6. The van der Waals surface area contributed by atoms with Crippen LogP contribution in [0.3, 0.4) is 0 Å². The fraction of sp³-hybridized carbons (Fsp3) is 0.222. The minimum Gasteiger partial charge on any atom is -0.306 e. The molecule has 0 aliphatic carbocycles. The van der Waals surface area contributed by atoms with Gasteiger partial charge in [0.05, 0.1) is 11.9 Å². The summed E-state index contributed by atoms with van der Waals surface area (Å²) in [5.74, 6) is 1.36. The SMILES string of the molecule is C[C@@H]1CSc2ccccc2N(C(=O)c2csc(-c3cnccn3)n2)C1. The van der Waals surface area contributed by atoms with Crippen LogP contribution in [0.25, 0.3) is 10.7 Å². The Balaban J connectivity index is 1.68. The minimum absolute atomic E-state index is 0.0619. The van der Waals surface area contributed by atoms with Crippen molar-refractivity contribution in [3.63, 3.8) is 0 Å². The van der Waals surface area contributed by atoms with Gasteiger partial charge in [0.15, 0.2) is 0 Å². The maximum absolute atomic E-state index is 13.1. The van der Waals surface area contributed by atoms with Crippen LogP contribution in [0.5, 0.6) is 0 Å². The van der Waals surface area contributed by atoms with Crippen LogP contribution in [0.15, 0.2) is 53.1 Å². The monoisotopic (exact) mass is 368 g/mol. The van der Waals surface area contributed by atoms with Crippen LogP contribution in [-0.2, 0) is 0 Å². The zero-order chi connectivity index (χ0) is 17.2. The van der Waals surface area contributed by atoms with Gasteiger partial charge < -0.3 is 4.90 Å². The number of hydrogen-bond acceptors (Lipinski definition) is 6. The second-order valence-corrected chi connectivity index (χ2v) is 7.85. The number of benzene rings is 1. The van der Waals surface area contributed by atoms with Crippen molar-refractivity contribution in [3.8, 4) is 10.7 Å². The largest absolute Gasteiger partial charge is 0.306 e. The Hall–Kier alpha value is -2.25. The van der Waals surface area contributed by atoms with Crippen molar-refractivity contribution < 1.29 is 4.79 Å². The summed E-state index contributed by atoms with van der Waals surface area (Å²) in [4.78, 5) is 28.9. The fourth-order valence-corrected chi connectivity index (χ4v) is 4.55. The molecule has 5 nitrogen and oxygen atoms in total. The summed E-state index contributed by atoms with van der Waals surface area (Å²) in [5.41, 5.74) is 2.11. The number of carbonyl (C=O) groups excluding carboxylic acids is 1. The summed E-state index contributed by atoms with van der Waals surface area (Å²) in [6.07, 6.45) is 4.91. The van der Waals surface area contributed by atoms with Gasteiger partial charge in [-0.25, -0.2) is 4.98 Å². The molecule has 0 saturated heterocycles. The van der Waals surface area contributed by atoms with Crippen molar-refractivity contribution in [3.05, 3.63) is 53.9 Å². The number of aromatic nitrogens is 3. The second-order valence-electron chi connectivity index (χ2n) is 5.93. The molecule has 126 valence electrons. The molecule has 1 aromatic carbocycles. The third-order valence-electron chi connectivity index (χ3n) is 3.92. The molecule has 0 radical (unpaired) electrons. The van der Waals surface area contributed by atoms with Gasteiger partial charge in [-0.3, -0.25) is 14.8 Å². The lowest BCUT2D eigenvalue weighted by molar-refractivity contribution is 0.0980. The highest BCUT2D eigenvalue weighted by Crippen LogP contribution is 2.36. The predicted octanol–water partition coefficient (Wildman–Crippen LogP) is 3.99. The molecule has 1 aliphatic rings. The van der Waals surface area contributed by atoms with Gasteiger partial charge in [0.25, 0.3) is 5.91 Å². The molecule has 1 atom stereocenters. The van der Waals surface area contributed by atoms with E-state index in [0.29, 0.717) is 28.9 Å². The Kier molecular flexibility index (Phi) is 4.50. The maximum Gasteiger partial charge on any atom is 0.277 e. The number of para-hydroxylation sites is 1. The molecule has 25 heavy (non-hydrogen) atoms. The van der Waals surface area contributed by atoms with Gasteiger partial charge in [0.2, 0.25) is 0 Å². The van der Waals surface area contributed by atoms with Gasteiger partial charge in [0.1, 0.15) is 16.4 Å². The van der Waals surface area contributed by atoms with Crippen LogP contribution in [-0.4, -0.2) is 33.2 Å². The number of rotatable bonds is 2. The molecule has 1 amide bonds. The van der Waals surface area contributed by atoms with E-state index in [1.165, 1.54) is 11.3 Å². The topological polar surface area (TPSA) is 59.0 Å². The summed E-state index contributed by atoms with van der Waals surface area (Å²) in [6.45, 7) is 2.87. The number of carbonyl (C=O) groups is 1. The van der Waals surface area contributed by atoms with Crippen molar-refractivity contribution in [1.29, 1.82) is 0 Å². The molecule has 4 rings (SSSR count). The van der Waals surface area contributed by atoms with E-state index in [1.807, 2.05) is 23.1 Å². The third-order valence-corrected chi connectivity index (χ3v) is 6.18. The van der Waals surface area contributed by atoms with Crippen LogP contribution in [0.2, 0.25) is 0 Å². The third kappa shape index (κ3) is 3.29. The van der Waals surface area contributed by atoms with E-state index in [2.05, 4.69) is 27.9 Å². The molecular weight excluding hydrogens is 352 g/mol. The summed E-state index contributed by atoms with van der Waals surface area (Å²) in [5, 5.41) is 2.51. The summed E-state index contributed by atoms with van der Waals surface area (Å²) in [7, 11) is 0. The van der Waals surface area contributed by atoms with Crippen LogP contribution >= 0.6 is 23.1 Å². The molecule has 3 aromatic rings. The molecule has 1 aliphatic heterocycles. The minimum atomic E-state index is -0.0619. The number of nitrogens with zero attached hydrogens (tertiary/aromatic N) is 4. The average molecular weight is 368 g/mol. The Bertz CT molecular complexity index is 897. The number of anilines is 1. The Morgan fingerprint density at radius 3 is 3.00 bits per heavy atom. The number of thiazole rings is 1. The van der Waals surface area contributed by atoms with E-state index >= 15 is 0 Å². The molecule has 0 spiro atoms. The van der Waals surface area contributed by atoms with Crippen LogP contribution < -0.4 is 4.90 Å². The van der Waals surface area contributed by atoms with Crippen LogP contribution in [0, 0.1) is 5.92 Å².